The van der Waals surface area contributed by atoms with Crippen molar-refractivity contribution in [1.29, 1.82) is 5.26 Å². The van der Waals surface area contributed by atoms with E-state index < -0.39 is 22.1 Å². The minimum atomic E-state index is -3.59. The molecule has 0 amide bonds. The van der Waals surface area contributed by atoms with Crippen molar-refractivity contribution in [2.24, 2.45) is 0 Å². The van der Waals surface area contributed by atoms with Gasteiger partial charge >= 0.3 is 5.97 Å². The molecule has 0 bridgehead atoms. The van der Waals surface area contributed by atoms with Crippen LogP contribution < -0.4 is 0 Å². The first kappa shape index (κ1) is 16.5. The lowest BCUT2D eigenvalue weighted by Gasteiger charge is -2.26. The van der Waals surface area contributed by atoms with Crippen molar-refractivity contribution in [3.8, 4) is 6.07 Å². The van der Waals surface area contributed by atoms with Gasteiger partial charge in [0.15, 0.2) is 6.10 Å². The maximum atomic E-state index is 12.6. The van der Waals surface area contributed by atoms with Gasteiger partial charge in [0.2, 0.25) is 10.0 Å². The van der Waals surface area contributed by atoms with Crippen LogP contribution in [0.15, 0.2) is 29.2 Å². The van der Waals surface area contributed by atoms with Crippen molar-refractivity contribution in [2.45, 2.75) is 37.2 Å². The second kappa shape index (κ2) is 6.90. The van der Waals surface area contributed by atoms with Gasteiger partial charge in [0, 0.05) is 13.1 Å². The van der Waals surface area contributed by atoms with Crippen LogP contribution in [-0.4, -0.2) is 37.9 Å². The Labute approximate surface area is 130 Å². The van der Waals surface area contributed by atoms with Gasteiger partial charge in [0.25, 0.3) is 0 Å². The molecule has 0 aromatic heterocycles. The number of piperidine rings is 1. The number of nitrogens with zero attached hydrogens (tertiary/aromatic N) is 2. The fourth-order valence-electron chi connectivity index (χ4n) is 2.29. The number of carbonyl (C=O) groups excluding carboxylic acids is 1. The maximum Gasteiger partial charge on any atom is 0.339 e. The van der Waals surface area contributed by atoms with E-state index in [1.54, 1.807) is 6.07 Å². The van der Waals surface area contributed by atoms with Crippen LogP contribution in [0.3, 0.4) is 0 Å². The molecule has 7 heteroatoms. The molecule has 1 fully saturated rings. The smallest absolute Gasteiger partial charge is 0.339 e. The van der Waals surface area contributed by atoms with Gasteiger partial charge in [0.1, 0.15) is 6.07 Å². The summed E-state index contributed by atoms with van der Waals surface area (Å²) in [6.45, 7) is 2.46. The summed E-state index contributed by atoms with van der Waals surface area (Å²) in [5, 5.41) is 8.65. The van der Waals surface area contributed by atoms with Gasteiger partial charge in [-0.25, -0.2) is 13.2 Å². The molecule has 1 aromatic carbocycles. The monoisotopic (exact) mass is 322 g/mol. The Hall–Kier alpha value is -1.91. The second-order valence-corrected chi connectivity index (χ2v) is 7.11. The predicted octanol–water partition coefficient (Wildman–Crippen LogP) is 1.93. The first-order chi connectivity index (χ1) is 10.4. The molecule has 0 radical (unpaired) electrons. The van der Waals surface area contributed by atoms with E-state index in [0.717, 1.165) is 19.3 Å². The van der Waals surface area contributed by atoms with Crippen LogP contribution in [0.1, 0.15) is 36.5 Å². The summed E-state index contributed by atoms with van der Waals surface area (Å²) < 4.78 is 31.5. The minimum Gasteiger partial charge on any atom is -0.444 e. The first-order valence-corrected chi connectivity index (χ1v) is 8.60. The highest BCUT2D eigenvalue weighted by molar-refractivity contribution is 7.89. The zero-order chi connectivity index (χ0) is 16.2. The van der Waals surface area contributed by atoms with Crippen LogP contribution >= 0.6 is 0 Å². The Kier molecular flexibility index (Phi) is 5.16. The van der Waals surface area contributed by atoms with Gasteiger partial charge in [-0.15, -0.1) is 0 Å². The molecule has 0 spiro atoms. The zero-order valence-electron chi connectivity index (χ0n) is 12.4. The van der Waals surface area contributed by atoms with E-state index >= 15 is 0 Å². The molecule has 0 aliphatic carbocycles. The van der Waals surface area contributed by atoms with E-state index in [4.69, 9.17) is 10.00 Å². The van der Waals surface area contributed by atoms with E-state index in [-0.39, 0.29) is 10.5 Å². The van der Waals surface area contributed by atoms with Crippen LogP contribution in [0.2, 0.25) is 0 Å². The predicted molar refractivity (Wildman–Crippen MR) is 79.5 cm³/mol. The Morgan fingerprint density at radius 3 is 2.64 bits per heavy atom. The molecule has 1 aromatic rings. The molecule has 0 saturated carbocycles. The van der Waals surface area contributed by atoms with Crippen LogP contribution in [-0.2, 0) is 14.8 Å². The largest absolute Gasteiger partial charge is 0.444 e. The number of hydrogen-bond donors (Lipinski definition) is 0. The molecule has 1 heterocycles. The van der Waals surface area contributed by atoms with E-state index in [2.05, 4.69) is 0 Å². The highest BCUT2D eigenvalue weighted by Gasteiger charge is 2.26. The van der Waals surface area contributed by atoms with Crippen LogP contribution in [0.4, 0.5) is 0 Å². The van der Waals surface area contributed by atoms with Crippen LogP contribution in [0, 0.1) is 11.3 Å². The quantitative estimate of drug-likeness (QED) is 0.790. The average molecular weight is 322 g/mol. The normalized spacial score (nSPS) is 17.5. The molecule has 1 atom stereocenters. The van der Waals surface area contributed by atoms with Gasteiger partial charge in [-0.3, -0.25) is 0 Å². The zero-order valence-corrected chi connectivity index (χ0v) is 13.2. The molecule has 6 nitrogen and oxygen atoms in total. The van der Waals surface area contributed by atoms with Crippen molar-refractivity contribution in [2.75, 3.05) is 13.1 Å². The van der Waals surface area contributed by atoms with Crippen LogP contribution in [0.5, 0.6) is 0 Å². The lowest BCUT2D eigenvalue weighted by Crippen LogP contribution is -2.35. The van der Waals surface area contributed by atoms with Crippen molar-refractivity contribution in [3.63, 3.8) is 0 Å². The Morgan fingerprint density at radius 2 is 2.00 bits per heavy atom. The van der Waals surface area contributed by atoms with Crippen molar-refractivity contribution < 1.29 is 17.9 Å². The molecule has 22 heavy (non-hydrogen) atoms. The van der Waals surface area contributed by atoms with Crippen molar-refractivity contribution in [1.82, 2.24) is 4.31 Å². The van der Waals surface area contributed by atoms with E-state index in [1.807, 2.05) is 0 Å². The third kappa shape index (κ3) is 3.64. The number of sulfonamides is 1. The van der Waals surface area contributed by atoms with Gasteiger partial charge in [-0.2, -0.15) is 9.57 Å². The van der Waals surface area contributed by atoms with Gasteiger partial charge < -0.3 is 4.74 Å². The number of ether oxygens (including phenoxy) is 1. The molecule has 2 rings (SSSR count). The SMILES string of the molecule is C[C@@H](C#N)OC(=O)c1cccc(S(=O)(=O)N2CCCCC2)c1. The van der Waals surface area contributed by atoms with Crippen molar-refractivity contribution in [3.05, 3.63) is 29.8 Å². The number of hydrogen-bond acceptors (Lipinski definition) is 5. The number of nitriles is 1. The lowest BCUT2D eigenvalue weighted by atomic mass is 10.2. The fraction of sp³-hybridized carbons (Fsp3) is 0.467. The summed E-state index contributed by atoms with van der Waals surface area (Å²) in [5.41, 5.74) is 0.125. The molecule has 1 aliphatic heterocycles. The molecule has 0 unspecified atom stereocenters. The second-order valence-electron chi connectivity index (χ2n) is 5.17. The van der Waals surface area contributed by atoms with Gasteiger partial charge in [0.05, 0.1) is 10.5 Å². The molecule has 118 valence electrons. The summed E-state index contributed by atoms with van der Waals surface area (Å²) in [4.78, 5) is 12.0. The summed E-state index contributed by atoms with van der Waals surface area (Å²) >= 11 is 0. The number of esters is 1. The Bertz CT molecular complexity index is 688. The molecule has 1 aliphatic rings. The van der Waals surface area contributed by atoms with E-state index in [1.165, 1.54) is 35.5 Å². The van der Waals surface area contributed by atoms with Gasteiger partial charge in [-0.05, 0) is 38.0 Å². The molecular formula is C15H18N2O4S. The first-order valence-electron chi connectivity index (χ1n) is 7.16. The van der Waals surface area contributed by atoms with Gasteiger partial charge in [-0.1, -0.05) is 12.5 Å². The van der Waals surface area contributed by atoms with E-state index in [0.29, 0.717) is 13.1 Å². The van der Waals surface area contributed by atoms with Crippen LogP contribution in [0.25, 0.3) is 0 Å². The third-order valence-corrected chi connectivity index (χ3v) is 5.38. The molecule has 1 saturated heterocycles. The topological polar surface area (TPSA) is 87.5 Å². The minimum absolute atomic E-state index is 0.0773. The van der Waals surface area contributed by atoms with E-state index in [9.17, 15) is 13.2 Å². The summed E-state index contributed by atoms with van der Waals surface area (Å²) in [5.74, 6) is -0.704. The Balaban J connectivity index is 2.24. The van der Waals surface area contributed by atoms with Crippen molar-refractivity contribution >= 4 is 16.0 Å². The Morgan fingerprint density at radius 1 is 1.32 bits per heavy atom. The lowest BCUT2D eigenvalue weighted by molar-refractivity contribution is 0.0435. The third-order valence-electron chi connectivity index (χ3n) is 3.49. The summed E-state index contributed by atoms with van der Waals surface area (Å²) in [6, 6.07) is 7.54. The number of benzene rings is 1. The molecule has 0 N–H and O–H groups in total. The average Bonchev–Trinajstić information content (AvgIpc) is 2.55. The highest BCUT2D eigenvalue weighted by atomic mass is 32.2. The number of rotatable bonds is 4. The fourth-order valence-corrected chi connectivity index (χ4v) is 3.86. The standard InChI is InChI=1S/C15H18N2O4S/c1-12(11-16)21-15(18)13-6-5-7-14(10-13)22(19,20)17-8-3-2-4-9-17/h5-7,10,12H,2-4,8-9H2,1H3/t12-/m0/s1. The number of carbonyl (C=O) groups is 1. The molecular weight excluding hydrogens is 304 g/mol. The summed E-state index contributed by atoms with van der Waals surface area (Å²) in [7, 11) is -3.59. The summed E-state index contributed by atoms with van der Waals surface area (Å²) in [6.07, 6.45) is 1.85. The highest BCUT2D eigenvalue weighted by Crippen LogP contribution is 2.21. The maximum absolute atomic E-state index is 12.6.